The van der Waals surface area contributed by atoms with E-state index < -0.39 is 0 Å². The molecule has 3 heterocycles. The summed E-state index contributed by atoms with van der Waals surface area (Å²) in [5.41, 5.74) is 3.76. The summed E-state index contributed by atoms with van der Waals surface area (Å²) >= 11 is 1.65. The van der Waals surface area contributed by atoms with Crippen molar-refractivity contribution >= 4 is 23.4 Å². The highest BCUT2D eigenvalue weighted by Gasteiger charge is 2.22. The molecule has 96 valence electrons. The molecule has 3 aliphatic heterocycles. The minimum absolute atomic E-state index is 0.806. The van der Waals surface area contributed by atoms with Crippen molar-refractivity contribution in [1.29, 1.82) is 0 Å². The van der Waals surface area contributed by atoms with Gasteiger partial charge in [-0.25, -0.2) is 0 Å². The minimum atomic E-state index is 0.806. The van der Waals surface area contributed by atoms with Gasteiger partial charge in [0.1, 0.15) is 11.6 Å². The topological polar surface area (TPSA) is 24.8 Å². The van der Waals surface area contributed by atoms with Gasteiger partial charge in [-0.15, -0.1) is 0 Å². The van der Waals surface area contributed by atoms with Crippen LogP contribution in [0.5, 0.6) is 5.75 Å². The van der Waals surface area contributed by atoms with Crippen molar-refractivity contribution in [3.8, 4) is 5.75 Å². The van der Waals surface area contributed by atoms with Crippen LogP contribution in [0.3, 0.4) is 0 Å². The third kappa shape index (κ3) is 1.87. The van der Waals surface area contributed by atoms with Crippen LogP contribution >= 0.6 is 11.9 Å². The van der Waals surface area contributed by atoms with Gasteiger partial charge in [0.15, 0.2) is 0 Å². The molecule has 4 heteroatoms. The molecule has 0 saturated heterocycles. The quantitative estimate of drug-likeness (QED) is 0.734. The molecule has 1 aromatic carbocycles. The van der Waals surface area contributed by atoms with Crippen molar-refractivity contribution in [3.63, 3.8) is 0 Å². The van der Waals surface area contributed by atoms with Gasteiger partial charge < -0.3 is 9.64 Å². The fourth-order valence-electron chi connectivity index (χ4n) is 2.65. The number of fused-ring (bicyclic) bond motifs is 2. The zero-order chi connectivity index (χ0) is 12.7. The normalized spacial score (nSPS) is 20.3. The van der Waals surface area contributed by atoms with E-state index in [9.17, 15) is 0 Å². The molecule has 4 rings (SSSR count). The Morgan fingerprint density at radius 3 is 3.32 bits per heavy atom. The summed E-state index contributed by atoms with van der Waals surface area (Å²) in [5.74, 6) is 3.17. The van der Waals surface area contributed by atoms with Crippen molar-refractivity contribution in [2.75, 3.05) is 18.9 Å². The number of hydrogen-bond donors (Lipinski definition) is 0. The Labute approximate surface area is 116 Å². The van der Waals surface area contributed by atoms with Crippen LogP contribution in [0, 0.1) is 0 Å². The van der Waals surface area contributed by atoms with Crippen LogP contribution in [0.4, 0.5) is 0 Å². The Morgan fingerprint density at radius 1 is 1.32 bits per heavy atom. The second kappa shape index (κ2) is 4.46. The minimum Gasteiger partial charge on any atom is -0.493 e. The summed E-state index contributed by atoms with van der Waals surface area (Å²) in [5, 5.41) is 0. The molecular weight excluding hydrogens is 256 g/mol. The van der Waals surface area contributed by atoms with E-state index in [0.717, 1.165) is 36.9 Å². The van der Waals surface area contributed by atoms with E-state index >= 15 is 0 Å². The maximum absolute atomic E-state index is 5.57. The molecule has 0 radical (unpaired) electrons. The molecule has 0 saturated carbocycles. The average Bonchev–Trinajstić information content (AvgIpc) is 2.94. The molecule has 3 nitrogen and oxygen atoms in total. The number of ether oxygens (including phenoxy) is 1. The van der Waals surface area contributed by atoms with Crippen LogP contribution < -0.4 is 4.74 Å². The van der Waals surface area contributed by atoms with E-state index in [1.165, 1.54) is 16.7 Å². The Bertz CT molecular complexity index is 619. The summed E-state index contributed by atoms with van der Waals surface area (Å²) in [6, 6.07) is 6.46. The molecule has 0 bridgehead atoms. The van der Waals surface area contributed by atoms with Crippen LogP contribution in [-0.4, -0.2) is 29.6 Å². The Kier molecular flexibility index (Phi) is 2.62. The first-order valence-corrected chi connectivity index (χ1v) is 7.48. The molecule has 19 heavy (non-hydrogen) atoms. The third-order valence-electron chi connectivity index (χ3n) is 3.62. The largest absolute Gasteiger partial charge is 0.493 e. The van der Waals surface area contributed by atoms with Gasteiger partial charge in [0.05, 0.1) is 6.61 Å². The first-order chi connectivity index (χ1) is 9.42. The highest BCUT2D eigenvalue weighted by molar-refractivity contribution is 7.98. The van der Waals surface area contributed by atoms with Crippen molar-refractivity contribution < 1.29 is 4.74 Å². The van der Waals surface area contributed by atoms with Crippen molar-refractivity contribution in [1.82, 2.24) is 4.90 Å². The van der Waals surface area contributed by atoms with Crippen molar-refractivity contribution in [3.05, 3.63) is 47.7 Å². The average molecular weight is 270 g/mol. The standard InChI is InChI=1S/C15H14N2OS/c1-2-13(15-16-19-9-7-17(15)6-1)11-3-4-14-12(10-11)5-8-18-14/h1-4,6,10H,5,7-9H2. The number of allylic oxidation sites excluding steroid dienone is 2. The van der Waals surface area contributed by atoms with Gasteiger partial charge in [-0.2, -0.15) is 4.40 Å². The summed E-state index contributed by atoms with van der Waals surface area (Å²) in [6.45, 7) is 1.84. The Hall–Kier alpha value is -1.68. The highest BCUT2D eigenvalue weighted by Crippen LogP contribution is 2.32. The first kappa shape index (κ1) is 11.2. The predicted molar refractivity (Wildman–Crippen MR) is 79.4 cm³/mol. The SMILES string of the molecule is C1=CN2CCSN=C2C(c2ccc3c(c2)CCO3)=C1. The van der Waals surface area contributed by atoms with Gasteiger partial charge in [0.2, 0.25) is 0 Å². The van der Waals surface area contributed by atoms with E-state index in [2.05, 4.69) is 45.8 Å². The van der Waals surface area contributed by atoms with Crippen LogP contribution in [0.25, 0.3) is 5.57 Å². The van der Waals surface area contributed by atoms with Crippen molar-refractivity contribution in [2.24, 2.45) is 4.40 Å². The predicted octanol–water partition coefficient (Wildman–Crippen LogP) is 2.89. The lowest BCUT2D eigenvalue weighted by Gasteiger charge is -2.29. The number of hydrogen-bond acceptors (Lipinski definition) is 4. The van der Waals surface area contributed by atoms with Crippen LogP contribution in [-0.2, 0) is 6.42 Å². The molecular formula is C15H14N2OS. The highest BCUT2D eigenvalue weighted by atomic mass is 32.2. The second-order valence-corrected chi connectivity index (χ2v) is 5.63. The van der Waals surface area contributed by atoms with E-state index in [4.69, 9.17) is 4.74 Å². The molecule has 0 fully saturated rings. The summed E-state index contributed by atoms with van der Waals surface area (Å²) < 4.78 is 10.2. The second-order valence-electron chi connectivity index (χ2n) is 4.78. The summed E-state index contributed by atoms with van der Waals surface area (Å²) in [6.07, 6.45) is 7.38. The lowest BCUT2D eigenvalue weighted by atomic mass is 9.99. The first-order valence-electron chi connectivity index (χ1n) is 6.53. The summed E-state index contributed by atoms with van der Waals surface area (Å²) in [7, 11) is 0. The molecule has 0 atom stereocenters. The monoisotopic (exact) mass is 270 g/mol. The number of rotatable bonds is 1. The third-order valence-corrected chi connectivity index (χ3v) is 4.28. The van der Waals surface area contributed by atoms with Gasteiger partial charge in [-0.3, -0.25) is 0 Å². The fraction of sp³-hybridized carbons (Fsp3) is 0.267. The lowest BCUT2D eigenvalue weighted by Crippen LogP contribution is -2.32. The molecule has 0 unspecified atom stereocenters. The fourth-order valence-corrected chi connectivity index (χ4v) is 3.35. The van der Waals surface area contributed by atoms with E-state index in [-0.39, 0.29) is 0 Å². The zero-order valence-electron chi connectivity index (χ0n) is 10.5. The number of benzene rings is 1. The zero-order valence-corrected chi connectivity index (χ0v) is 11.3. The van der Waals surface area contributed by atoms with Gasteiger partial charge in [-0.05, 0) is 47.4 Å². The number of amidine groups is 1. The van der Waals surface area contributed by atoms with Gasteiger partial charge >= 0.3 is 0 Å². The maximum atomic E-state index is 5.57. The van der Waals surface area contributed by atoms with E-state index in [1.807, 2.05) is 0 Å². The maximum Gasteiger partial charge on any atom is 0.148 e. The van der Waals surface area contributed by atoms with E-state index in [1.54, 1.807) is 11.9 Å². The van der Waals surface area contributed by atoms with Gasteiger partial charge in [0, 0.05) is 30.5 Å². The van der Waals surface area contributed by atoms with Crippen molar-refractivity contribution in [2.45, 2.75) is 6.42 Å². The van der Waals surface area contributed by atoms with Crippen LogP contribution in [0.2, 0.25) is 0 Å². The van der Waals surface area contributed by atoms with Crippen LogP contribution in [0.1, 0.15) is 11.1 Å². The van der Waals surface area contributed by atoms with Crippen LogP contribution in [0.15, 0.2) is 40.9 Å². The Balaban J connectivity index is 1.77. The molecule has 0 spiro atoms. The summed E-state index contributed by atoms with van der Waals surface area (Å²) in [4.78, 5) is 2.23. The molecule has 3 aliphatic rings. The molecule has 0 N–H and O–H groups in total. The molecule has 0 amide bonds. The molecule has 0 aromatic heterocycles. The van der Waals surface area contributed by atoms with E-state index in [0.29, 0.717) is 0 Å². The van der Waals surface area contributed by atoms with Gasteiger partial charge in [-0.1, -0.05) is 6.07 Å². The smallest absolute Gasteiger partial charge is 0.148 e. The lowest BCUT2D eigenvalue weighted by molar-refractivity contribution is 0.357. The molecule has 0 aliphatic carbocycles. The van der Waals surface area contributed by atoms with Gasteiger partial charge in [0.25, 0.3) is 0 Å². The number of nitrogens with zero attached hydrogens (tertiary/aromatic N) is 2. The molecule has 1 aromatic rings. The Morgan fingerprint density at radius 2 is 2.32 bits per heavy atom.